The number of unbranched alkanes of at least 4 members (excludes halogenated alkanes) is 1. The van der Waals surface area contributed by atoms with E-state index in [2.05, 4.69) is 51.2 Å². The van der Waals surface area contributed by atoms with Gasteiger partial charge in [0.1, 0.15) is 0 Å². The van der Waals surface area contributed by atoms with Gasteiger partial charge in [-0.25, -0.2) is 0 Å². The van der Waals surface area contributed by atoms with Crippen molar-refractivity contribution in [2.24, 2.45) is 17.8 Å². The van der Waals surface area contributed by atoms with Gasteiger partial charge in [-0.15, -0.1) is 0 Å². The van der Waals surface area contributed by atoms with Gasteiger partial charge in [-0.1, -0.05) is 42.9 Å². The zero-order valence-corrected chi connectivity index (χ0v) is 25.3. The average molecular weight is 563 g/mol. The number of carbonyl (C=O) groups excluding carboxylic acids is 1. The molecule has 3 aliphatic rings. The molecule has 2 heterocycles. The third kappa shape index (κ3) is 11.4. The maximum atomic E-state index is 11.4. The summed E-state index contributed by atoms with van der Waals surface area (Å²) in [5.74, 6) is 0.205. The van der Waals surface area contributed by atoms with E-state index in [4.69, 9.17) is 23.7 Å². The summed E-state index contributed by atoms with van der Waals surface area (Å²) >= 11 is 0. The molecular formula is C33H54O7. The van der Waals surface area contributed by atoms with Crippen molar-refractivity contribution in [3.8, 4) is 0 Å². The molecule has 228 valence electrons. The molecule has 1 saturated carbocycles. The fraction of sp³-hybridized carbons (Fsp3) is 0.788. The van der Waals surface area contributed by atoms with Gasteiger partial charge in [0.2, 0.25) is 0 Å². The molecule has 2 saturated heterocycles. The van der Waals surface area contributed by atoms with E-state index in [1.165, 1.54) is 12.7 Å². The van der Waals surface area contributed by atoms with Crippen molar-refractivity contribution in [1.82, 2.24) is 0 Å². The summed E-state index contributed by atoms with van der Waals surface area (Å²) in [5.41, 5.74) is 1.31. The molecule has 7 heteroatoms. The van der Waals surface area contributed by atoms with E-state index >= 15 is 0 Å². The van der Waals surface area contributed by atoms with Crippen LogP contribution in [0.15, 0.2) is 36.0 Å². The van der Waals surface area contributed by atoms with Crippen LogP contribution in [-0.4, -0.2) is 62.3 Å². The number of methoxy groups -OCH3 is 1. The molecule has 3 rings (SSSR count). The van der Waals surface area contributed by atoms with Gasteiger partial charge in [-0.2, -0.15) is 0 Å². The SMILES string of the molecule is COC(=O)CCC/C=C\C[C@@H]1[C@@H](/C=C/[C@H](OC2CCCCO2)C(C)CC=C(C)C)[C@H](OC2CCCCO2)C[C@@H]1O. The molecule has 0 aromatic heterocycles. The first kappa shape index (κ1) is 33.0. The summed E-state index contributed by atoms with van der Waals surface area (Å²) in [7, 11) is 1.42. The largest absolute Gasteiger partial charge is 0.469 e. The quantitative estimate of drug-likeness (QED) is 0.136. The molecule has 3 unspecified atom stereocenters. The molecule has 40 heavy (non-hydrogen) atoms. The average Bonchev–Trinajstić information content (AvgIpc) is 3.25. The van der Waals surface area contributed by atoms with E-state index in [1.807, 2.05) is 0 Å². The standard InChI is InChI=1S/C33H54O7/c1-24(2)17-18-25(3)29(39-32-15-9-11-21-37-32)20-19-27-26(13-7-5-6-8-14-31(35)36-4)28(34)23-30(27)40-33-16-10-12-22-38-33/h5,7,17,19-20,25-30,32-34H,6,8-16,18,21-23H2,1-4H3/b7-5-,20-19+/t25?,26-,27-,28+,29+,30-,32?,33?/m1/s1. The molecular weight excluding hydrogens is 508 g/mol. The van der Waals surface area contributed by atoms with Crippen LogP contribution in [0.2, 0.25) is 0 Å². The van der Waals surface area contributed by atoms with Gasteiger partial charge < -0.3 is 28.8 Å². The van der Waals surface area contributed by atoms with Crippen LogP contribution in [0.1, 0.15) is 97.8 Å². The predicted molar refractivity (Wildman–Crippen MR) is 157 cm³/mol. The summed E-state index contributed by atoms with van der Waals surface area (Å²) in [6.45, 7) is 7.98. The van der Waals surface area contributed by atoms with Crippen LogP contribution in [0.25, 0.3) is 0 Å². The highest BCUT2D eigenvalue weighted by molar-refractivity contribution is 5.69. The number of ether oxygens (including phenoxy) is 5. The number of hydrogen-bond acceptors (Lipinski definition) is 7. The second-order valence-electron chi connectivity index (χ2n) is 12.0. The minimum Gasteiger partial charge on any atom is -0.469 e. The van der Waals surface area contributed by atoms with E-state index in [0.29, 0.717) is 12.8 Å². The second kappa shape index (κ2) is 18.1. The van der Waals surface area contributed by atoms with Crippen molar-refractivity contribution in [2.75, 3.05) is 20.3 Å². The van der Waals surface area contributed by atoms with Crippen molar-refractivity contribution in [2.45, 2.75) is 129 Å². The third-order valence-electron chi connectivity index (χ3n) is 8.34. The topological polar surface area (TPSA) is 83.5 Å². The molecule has 0 bridgehead atoms. The van der Waals surface area contributed by atoms with Gasteiger partial charge in [0.15, 0.2) is 12.6 Å². The second-order valence-corrected chi connectivity index (χ2v) is 12.0. The van der Waals surface area contributed by atoms with E-state index < -0.39 is 6.10 Å². The van der Waals surface area contributed by atoms with Gasteiger partial charge >= 0.3 is 5.97 Å². The Balaban J connectivity index is 1.72. The lowest BCUT2D eigenvalue weighted by Gasteiger charge is -2.31. The van der Waals surface area contributed by atoms with Crippen molar-refractivity contribution in [1.29, 1.82) is 0 Å². The number of aliphatic hydroxyl groups excluding tert-OH is 1. The lowest BCUT2D eigenvalue weighted by atomic mass is 9.88. The van der Waals surface area contributed by atoms with Crippen molar-refractivity contribution < 1.29 is 33.6 Å². The summed E-state index contributed by atoms with van der Waals surface area (Å²) in [5, 5.41) is 11.1. The van der Waals surface area contributed by atoms with Crippen LogP contribution in [0, 0.1) is 17.8 Å². The highest BCUT2D eigenvalue weighted by atomic mass is 16.7. The van der Waals surface area contributed by atoms with Gasteiger partial charge in [0.25, 0.3) is 0 Å². The summed E-state index contributed by atoms with van der Waals surface area (Å²) in [6, 6.07) is 0. The molecule has 0 radical (unpaired) electrons. The zero-order valence-electron chi connectivity index (χ0n) is 25.3. The summed E-state index contributed by atoms with van der Waals surface area (Å²) in [6.07, 6.45) is 20.5. The van der Waals surface area contributed by atoms with Gasteiger partial charge in [0.05, 0.1) is 25.4 Å². The molecule has 1 N–H and O–H groups in total. The molecule has 2 aliphatic heterocycles. The Bertz CT molecular complexity index is 806. The smallest absolute Gasteiger partial charge is 0.305 e. The van der Waals surface area contributed by atoms with Crippen molar-refractivity contribution in [3.63, 3.8) is 0 Å². The van der Waals surface area contributed by atoms with Gasteiger partial charge in [-0.05, 0) is 89.9 Å². The maximum absolute atomic E-state index is 11.4. The molecule has 0 amide bonds. The fourth-order valence-electron chi connectivity index (χ4n) is 5.84. The Kier molecular flexibility index (Phi) is 14.9. The maximum Gasteiger partial charge on any atom is 0.305 e. The Morgan fingerprint density at radius 2 is 1.77 bits per heavy atom. The number of hydrogen-bond donors (Lipinski definition) is 1. The van der Waals surface area contributed by atoms with Crippen LogP contribution in [-0.2, 0) is 28.5 Å². The minimum absolute atomic E-state index is 0.0429. The normalized spacial score (nSPS) is 30.9. The highest BCUT2D eigenvalue weighted by Crippen LogP contribution is 2.40. The number of aliphatic hydroxyl groups is 1. The Morgan fingerprint density at radius 1 is 1.05 bits per heavy atom. The van der Waals surface area contributed by atoms with E-state index in [9.17, 15) is 9.90 Å². The van der Waals surface area contributed by atoms with Gasteiger partial charge in [-0.3, -0.25) is 4.79 Å². The van der Waals surface area contributed by atoms with E-state index in [0.717, 1.165) is 77.4 Å². The van der Waals surface area contributed by atoms with E-state index in [-0.39, 0.29) is 48.5 Å². The molecule has 7 nitrogen and oxygen atoms in total. The Labute approximate surface area is 242 Å². The predicted octanol–water partition coefficient (Wildman–Crippen LogP) is 6.65. The van der Waals surface area contributed by atoms with Crippen LogP contribution < -0.4 is 0 Å². The highest BCUT2D eigenvalue weighted by Gasteiger charge is 2.42. The molecule has 3 fully saturated rings. The first-order valence-corrected chi connectivity index (χ1v) is 15.6. The first-order chi connectivity index (χ1) is 19.4. The first-order valence-electron chi connectivity index (χ1n) is 15.6. The molecule has 0 spiro atoms. The van der Waals surface area contributed by atoms with E-state index in [1.54, 1.807) is 0 Å². The van der Waals surface area contributed by atoms with Crippen molar-refractivity contribution in [3.05, 3.63) is 36.0 Å². The molecule has 1 aliphatic carbocycles. The van der Waals surface area contributed by atoms with Crippen LogP contribution >= 0.6 is 0 Å². The summed E-state index contributed by atoms with van der Waals surface area (Å²) in [4.78, 5) is 11.4. The number of allylic oxidation sites excluding steroid dienone is 4. The molecule has 0 aromatic carbocycles. The van der Waals surface area contributed by atoms with Crippen LogP contribution in [0.4, 0.5) is 0 Å². The Hall–Kier alpha value is -1.51. The number of carbonyl (C=O) groups is 1. The monoisotopic (exact) mass is 562 g/mol. The van der Waals surface area contributed by atoms with Gasteiger partial charge in [0, 0.05) is 32.0 Å². The lowest BCUT2D eigenvalue weighted by molar-refractivity contribution is -0.193. The molecule has 0 aromatic rings. The number of esters is 1. The third-order valence-corrected chi connectivity index (χ3v) is 8.34. The Morgan fingerprint density at radius 3 is 2.42 bits per heavy atom. The lowest BCUT2D eigenvalue weighted by Crippen LogP contribution is -2.32. The molecule has 8 atom stereocenters. The van der Waals surface area contributed by atoms with Crippen molar-refractivity contribution >= 4 is 5.97 Å². The van der Waals surface area contributed by atoms with Crippen LogP contribution in [0.3, 0.4) is 0 Å². The summed E-state index contributed by atoms with van der Waals surface area (Å²) < 4.78 is 29.6. The minimum atomic E-state index is -0.452. The number of rotatable bonds is 15. The zero-order chi connectivity index (χ0) is 28.7. The van der Waals surface area contributed by atoms with Crippen LogP contribution in [0.5, 0.6) is 0 Å². The fourth-order valence-corrected chi connectivity index (χ4v) is 5.84.